The van der Waals surface area contributed by atoms with Crippen molar-refractivity contribution in [2.24, 2.45) is 0 Å². The van der Waals surface area contributed by atoms with Crippen LogP contribution in [0.3, 0.4) is 0 Å². The quantitative estimate of drug-likeness (QED) is 0.436. The number of benzene rings is 1. The highest BCUT2D eigenvalue weighted by atomic mass is 16.6. The van der Waals surface area contributed by atoms with Crippen LogP contribution >= 0.6 is 0 Å². The van der Waals surface area contributed by atoms with Crippen LogP contribution in [-0.4, -0.2) is 4.92 Å². The maximum atomic E-state index is 10.1. The Morgan fingerprint density at radius 2 is 2.21 bits per heavy atom. The molecule has 0 radical (unpaired) electrons. The SMILES string of the molecule is CC(=C[N+](=O)[O-])Nc1ccccc1N. The molecule has 14 heavy (non-hydrogen) atoms. The van der Waals surface area contributed by atoms with E-state index in [0.29, 0.717) is 17.1 Å². The molecule has 0 saturated carbocycles. The largest absolute Gasteiger partial charge is 0.397 e. The molecule has 0 amide bonds. The number of anilines is 2. The van der Waals surface area contributed by atoms with Crippen molar-refractivity contribution < 1.29 is 4.92 Å². The number of nitrogens with two attached hydrogens (primary N) is 1. The second-order valence-electron chi connectivity index (χ2n) is 2.81. The fourth-order valence-corrected chi connectivity index (χ4v) is 1.01. The summed E-state index contributed by atoms with van der Waals surface area (Å²) in [6.07, 6.45) is 0.895. The van der Waals surface area contributed by atoms with Crippen molar-refractivity contribution in [2.75, 3.05) is 11.1 Å². The Balaban J connectivity index is 2.79. The Hall–Kier alpha value is -2.04. The lowest BCUT2D eigenvalue weighted by atomic mass is 10.2. The molecule has 5 heteroatoms. The minimum atomic E-state index is -0.512. The van der Waals surface area contributed by atoms with E-state index in [1.54, 1.807) is 31.2 Å². The molecule has 74 valence electrons. The molecule has 0 bridgehead atoms. The summed E-state index contributed by atoms with van der Waals surface area (Å²) in [6.45, 7) is 1.61. The summed E-state index contributed by atoms with van der Waals surface area (Å²) in [4.78, 5) is 9.63. The molecule has 0 atom stereocenters. The molecule has 3 N–H and O–H groups in total. The highest BCUT2D eigenvalue weighted by Crippen LogP contribution is 2.18. The molecule has 0 aliphatic heterocycles. The molecule has 0 spiro atoms. The van der Waals surface area contributed by atoms with Gasteiger partial charge in [-0.25, -0.2) is 0 Å². The van der Waals surface area contributed by atoms with Gasteiger partial charge in [0.2, 0.25) is 0 Å². The van der Waals surface area contributed by atoms with Crippen molar-refractivity contribution in [3.05, 3.63) is 46.3 Å². The van der Waals surface area contributed by atoms with Gasteiger partial charge in [0.05, 0.1) is 22.0 Å². The van der Waals surface area contributed by atoms with Crippen molar-refractivity contribution in [1.29, 1.82) is 0 Å². The molecule has 0 saturated heterocycles. The normalized spacial score (nSPS) is 11.1. The van der Waals surface area contributed by atoms with E-state index in [1.807, 2.05) is 0 Å². The number of hydrogen-bond donors (Lipinski definition) is 2. The Kier molecular flexibility index (Phi) is 3.06. The van der Waals surface area contributed by atoms with Crippen LogP contribution in [0.1, 0.15) is 6.92 Å². The number of nitrogens with zero attached hydrogens (tertiary/aromatic N) is 1. The molecule has 0 aliphatic rings. The maximum Gasteiger partial charge on any atom is 0.253 e. The number of allylic oxidation sites excluding steroid dienone is 1. The van der Waals surface area contributed by atoms with E-state index in [4.69, 9.17) is 5.73 Å². The molecule has 1 rings (SSSR count). The lowest BCUT2D eigenvalue weighted by Crippen LogP contribution is -2.01. The van der Waals surface area contributed by atoms with Crippen LogP contribution in [0.5, 0.6) is 0 Å². The second kappa shape index (κ2) is 4.27. The van der Waals surface area contributed by atoms with Crippen molar-refractivity contribution in [3.63, 3.8) is 0 Å². The van der Waals surface area contributed by atoms with Gasteiger partial charge in [0.25, 0.3) is 6.20 Å². The van der Waals surface area contributed by atoms with Crippen molar-refractivity contribution in [2.45, 2.75) is 6.92 Å². The first-order valence-corrected chi connectivity index (χ1v) is 4.03. The zero-order valence-electron chi connectivity index (χ0n) is 7.73. The van der Waals surface area contributed by atoms with Crippen LogP contribution in [0, 0.1) is 10.1 Å². The Labute approximate surface area is 81.4 Å². The third kappa shape index (κ3) is 2.78. The lowest BCUT2D eigenvalue weighted by molar-refractivity contribution is -0.403. The summed E-state index contributed by atoms with van der Waals surface area (Å²) in [7, 11) is 0. The van der Waals surface area contributed by atoms with E-state index in [0.717, 1.165) is 6.20 Å². The van der Waals surface area contributed by atoms with Gasteiger partial charge in [-0.3, -0.25) is 10.1 Å². The fourth-order valence-electron chi connectivity index (χ4n) is 1.01. The summed E-state index contributed by atoms with van der Waals surface area (Å²) in [5.41, 5.74) is 7.31. The number of para-hydroxylation sites is 2. The number of hydrogen-bond acceptors (Lipinski definition) is 4. The first kappa shape index (κ1) is 10.0. The smallest absolute Gasteiger partial charge is 0.253 e. The molecule has 0 aromatic heterocycles. The van der Waals surface area contributed by atoms with Crippen molar-refractivity contribution >= 4 is 11.4 Å². The predicted molar refractivity (Wildman–Crippen MR) is 55.2 cm³/mol. The molecule has 0 heterocycles. The summed E-state index contributed by atoms with van der Waals surface area (Å²) in [5, 5.41) is 13.0. The van der Waals surface area contributed by atoms with Gasteiger partial charge in [0.15, 0.2) is 0 Å². The van der Waals surface area contributed by atoms with Crippen LogP contribution in [-0.2, 0) is 0 Å². The number of nitro groups is 1. The zero-order valence-corrected chi connectivity index (χ0v) is 7.73. The average molecular weight is 193 g/mol. The van der Waals surface area contributed by atoms with Gasteiger partial charge in [0.1, 0.15) is 0 Å². The molecule has 0 aliphatic carbocycles. The first-order valence-electron chi connectivity index (χ1n) is 4.03. The van der Waals surface area contributed by atoms with Gasteiger partial charge in [-0.15, -0.1) is 0 Å². The van der Waals surface area contributed by atoms with Gasteiger partial charge in [-0.1, -0.05) is 12.1 Å². The Bertz CT molecular complexity index is 374. The Morgan fingerprint density at radius 3 is 2.79 bits per heavy atom. The van der Waals surface area contributed by atoms with E-state index in [1.165, 1.54) is 0 Å². The second-order valence-corrected chi connectivity index (χ2v) is 2.81. The van der Waals surface area contributed by atoms with Crippen LogP contribution < -0.4 is 11.1 Å². The fraction of sp³-hybridized carbons (Fsp3) is 0.111. The van der Waals surface area contributed by atoms with E-state index in [-0.39, 0.29) is 0 Å². The standard InChI is InChI=1S/C9H11N3O2/c1-7(6-12(13)14)11-9-5-3-2-4-8(9)10/h2-6,11H,10H2,1H3. The lowest BCUT2D eigenvalue weighted by Gasteiger charge is -2.06. The number of nitrogens with one attached hydrogen (secondary N) is 1. The van der Waals surface area contributed by atoms with E-state index >= 15 is 0 Å². The minimum absolute atomic E-state index is 0.438. The monoisotopic (exact) mass is 193 g/mol. The molecule has 0 fully saturated rings. The zero-order chi connectivity index (χ0) is 10.6. The van der Waals surface area contributed by atoms with Gasteiger partial charge in [-0.2, -0.15) is 0 Å². The van der Waals surface area contributed by atoms with Crippen LogP contribution in [0.2, 0.25) is 0 Å². The van der Waals surface area contributed by atoms with Crippen LogP contribution in [0.4, 0.5) is 11.4 Å². The predicted octanol–water partition coefficient (Wildman–Crippen LogP) is 1.82. The number of rotatable bonds is 3. The summed E-state index contributed by atoms with van der Waals surface area (Å²) in [6, 6.07) is 7.08. The van der Waals surface area contributed by atoms with Gasteiger partial charge in [-0.05, 0) is 19.1 Å². The topological polar surface area (TPSA) is 81.2 Å². The summed E-state index contributed by atoms with van der Waals surface area (Å²) < 4.78 is 0. The molecule has 1 aromatic rings. The third-order valence-electron chi connectivity index (χ3n) is 1.59. The molecular formula is C9H11N3O2. The molecular weight excluding hydrogens is 182 g/mol. The van der Waals surface area contributed by atoms with E-state index < -0.39 is 4.92 Å². The third-order valence-corrected chi connectivity index (χ3v) is 1.59. The molecule has 0 unspecified atom stereocenters. The molecule has 1 aromatic carbocycles. The maximum absolute atomic E-state index is 10.1. The van der Waals surface area contributed by atoms with Gasteiger partial charge in [0, 0.05) is 0 Å². The van der Waals surface area contributed by atoms with Crippen LogP contribution in [0.15, 0.2) is 36.2 Å². The van der Waals surface area contributed by atoms with Crippen molar-refractivity contribution in [1.82, 2.24) is 0 Å². The van der Waals surface area contributed by atoms with E-state index in [9.17, 15) is 10.1 Å². The first-order chi connectivity index (χ1) is 6.59. The highest BCUT2D eigenvalue weighted by Gasteiger charge is 1.99. The van der Waals surface area contributed by atoms with E-state index in [2.05, 4.69) is 5.32 Å². The minimum Gasteiger partial charge on any atom is -0.397 e. The van der Waals surface area contributed by atoms with Crippen LogP contribution in [0.25, 0.3) is 0 Å². The van der Waals surface area contributed by atoms with Gasteiger partial charge >= 0.3 is 0 Å². The average Bonchev–Trinajstić information content (AvgIpc) is 2.07. The van der Waals surface area contributed by atoms with Crippen molar-refractivity contribution in [3.8, 4) is 0 Å². The molecule has 5 nitrogen and oxygen atoms in total. The van der Waals surface area contributed by atoms with Gasteiger partial charge < -0.3 is 11.1 Å². The summed E-state index contributed by atoms with van der Waals surface area (Å²) >= 11 is 0. The summed E-state index contributed by atoms with van der Waals surface area (Å²) in [5.74, 6) is 0. The highest BCUT2D eigenvalue weighted by molar-refractivity contribution is 5.67. The Morgan fingerprint density at radius 1 is 1.57 bits per heavy atom. The number of nitrogen functional groups attached to an aromatic ring is 1.